The van der Waals surface area contributed by atoms with E-state index in [1.807, 2.05) is 85.7 Å². The van der Waals surface area contributed by atoms with Gasteiger partial charge in [0.25, 0.3) is 0 Å². The zero-order valence-corrected chi connectivity index (χ0v) is 19.5. The molecule has 2 aromatic carbocycles. The van der Waals surface area contributed by atoms with Gasteiger partial charge >= 0.3 is 0 Å². The molecule has 8 heteroatoms. The minimum atomic E-state index is -0.163. The molecule has 0 unspecified atom stereocenters. The second-order valence-electron chi connectivity index (χ2n) is 6.55. The summed E-state index contributed by atoms with van der Waals surface area (Å²) in [5, 5.41) is 6.05. The Morgan fingerprint density at radius 2 is 1.77 bits per heavy atom. The number of halogens is 1. The number of benzene rings is 2. The van der Waals surface area contributed by atoms with Crippen LogP contribution < -0.4 is 10.6 Å². The molecule has 1 amide bonds. The number of aromatic amines is 1. The number of para-hydroxylation sites is 1. The highest BCUT2D eigenvalue weighted by Crippen LogP contribution is 2.16. The van der Waals surface area contributed by atoms with E-state index in [0.717, 1.165) is 22.8 Å². The summed E-state index contributed by atoms with van der Waals surface area (Å²) in [6.07, 6.45) is 1.83. The normalized spacial score (nSPS) is 10.8. The number of nitrogens with zero attached hydrogens (tertiary/aromatic N) is 3. The number of H-pyrrole nitrogens is 1. The van der Waals surface area contributed by atoms with E-state index in [-0.39, 0.29) is 36.4 Å². The Hall–Kier alpha value is -2.88. The van der Waals surface area contributed by atoms with Crippen molar-refractivity contribution in [1.29, 1.82) is 0 Å². The first-order chi connectivity index (χ1) is 14.2. The lowest BCUT2D eigenvalue weighted by atomic mass is 10.2. The quantitative estimate of drug-likeness (QED) is 0.253. The molecule has 7 nitrogen and oxygen atoms in total. The van der Waals surface area contributed by atoms with Crippen LogP contribution in [0.1, 0.15) is 12.7 Å². The number of amides is 1. The van der Waals surface area contributed by atoms with E-state index < -0.39 is 0 Å². The van der Waals surface area contributed by atoms with Crippen molar-refractivity contribution >= 4 is 41.5 Å². The number of aliphatic imine (C=N–C) groups is 1. The lowest BCUT2D eigenvalue weighted by Crippen LogP contribution is -2.39. The van der Waals surface area contributed by atoms with Crippen molar-refractivity contribution in [3.63, 3.8) is 0 Å². The van der Waals surface area contributed by atoms with E-state index in [9.17, 15) is 4.79 Å². The molecule has 0 radical (unpaired) electrons. The summed E-state index contributed by atoms with van der Waals surface area (Å²) in [5.41, 5.74) is 2.82. The van der Waals surface area contributed by atoms with Gasteiger partial charge < -0.3 is 20.5 Å². The Morgan fingerprint density at radius 3 is 2.43 bits per heavy atom. The Morgan fingerprint density at radius 1 is 1.10 bits per heavy atom. The van der Waals surface area contributed by atoms with Crippen LogP contribution in [0.2, 0.25) is 0 Å². The third-order valence-electron chi connectivity index (χ3n) is 4.23. The van der Waals surface area contributed by atoms with Gasteiger partial charge in [0.15, 0.2) is 5.96 Å². The highest BCUT2D eigenvalue weighted by atomic mass is 127. The fourth-order valence-corrected chi connectivity index (χ4v) is 2.85. The number of hydrogen-bond donors (Lipinski definition) is 3. The van der Waals surface area contributed by atoms with Crippen molar-refractivity contribution < 1.29 is 4.79 Å². The van der Waals surface area contributed by atoms with Crippen LogP contribution in [-0.2, 0) is 11.3 Å². The average molecular weight is 518 g/mol. The summed E-state index contributed by atoms with van der Waals surface area (Å²) in [7, 11) is 1.92. The summed E-state index contributed by atoms with van der Waals surface area (Å²) in [6.45, 7) is 3.28. The Bertz CT molecular complexity index is 943. The van der Waals surface area contributed by atoms with Gasteiger partial charge in [-0.2, -0.15) is 0 Å². The maximum atomic E-state index is 12.2. The van der Waals surface area contributed by atoms with Crippen LogP contribution in [0.4, 0.5) is 5.69 Å². The van der Waals surface area contributed by atoms with Crippen LogP contribution >= 0.6 is 24.0 Å². The molecular formula is C22H27IN6O. The molecule has 0 spiro atoms. The number of carbonyl (C=O) groups is 1. The van der Waals surface area contributed by atoms with Gasteiger partial charge in [-0.25, -0.2) is 9.98 Å². The van der Waals surface area contributed by atoms with Gasteiger partial charge in [-0.1, -0.05) is 48.5 Å². The number of imidazole rings is 1. The molecule has 1 heterocycles. The highest BCUT2D eigenvalue weighted by Gasteiger charge is 2.11. The third kappa shape index (κ3) is 6.87. The van der Waals surface area contributed by atoms with Gasteiger partial charge in [0.2, 0.25) is 5.91 Å². The summed E-state index contributed by atoms with van der Waals surface area (Å²) in [5.74, 6) is 1.31. The summed E-state index contributed by atoms with van der Waals surface area (Å²) in [4.78, 5) is 26.4. The van der Waals surface area contributed by atoms with E-state index in [1.165, 1.54) is 0 Å². The van der Waals surface area contributed by atoms with E-state index in [4.69, 9.17) is 0 Å². The number of rotatable bonds is 7. The number of aromatic nitrogens is 2. The maximum absolute atomic E-state index is 12.2. The fourth-order valence-electron chi connectivity index (χ4n) is 2.85. The molecule has 0 bridgehead atoms. The second-order valence-corrected chi connectivity index (χ2v) is 6.55. The average Bonchev–Trinajstić information content (AvgIpc) is 3.21. The van der Waals surface area contributed by atoms with Gasteiger partial charge in [0.05, 0.1) is 18.4 Å². The van der Waals surface area contributed by atoms with Crippen molar-refractivity contribution in [3.05, 3.63) is 72.7 Å². The van der Waals surface area contributed by atoms with E-state index in [0.29, 0.717) is 19.0 Å². The molecule has 1 aromatic heterocycles. The first kappa shape index (κ1) is 23.4. The molecule has 3 rings (SSSR count). The molecule has 3 aromatic rings. The number of hydrogen-bond acceptors (Lipinski definition) is 3. The fraction of sp³-hybridized carbons (Fsp3) is 0.227. The van der Waals surface area contributed by atoms with Crippen LogP contribution in [0, 0.1) is 0 Å². The minimum Gasteiger partial charge on any atom is -0.357 e. The summed E-state index contributed by atoms with van der Waals surface area (Å²) in [6, 6.07) is 19.4. The summed E-state index contributed by atoms with van der Waals surface area (Å²) < 4.78 is 0. The number of carbonyl (C=O) groups excluding carboxylic acids is 1. The zero-order chi connectivity index (χ0) is 20.5. The minimum absolute atomic E-state index is 0. The van der Waals surface area contributed by atoms with Crippen LogP contribution in [0.5, 0.6) is 0 Å². The molecule has 0 aliphatic carbocycles. The smallest absolute Gasteiger partial charge is 0.246 e. The van der Waals surface area contributed by atoms with E-state index >= 15 is 0 Å². The molecular weight excluding hydrogens is 491 g/mol. The van der Waals surface area contributed by atoms with Crippen LogP contribution in [-0.4, -0.2) is 46.9 Å². The molecule has 3 N–H and O–H groups in total. The molecule has 0 saturated heterocycles. The first-order valence-corrected chi connectivity index (χ1v) is 9.59. The Labute approximate surface area is 194 Å². The topological polar surface area (TPSA) is 85.4 Å². The monoisotopic (exact) mass is 518 g/mol. The van der Waals surface area contributed by atoms with Crippen molar-refractivity contribution in [2.75, 3.05) is 25.5 Å². The van der Waals surface area contributed by atoms with Crippen LogP contribution in [0.15, 0.2) is 71.9 Å². The maximum Gasteiger partial charge on any atom is 0.246 e. The molecule has 30 heavy (non-hydrogen) atoms. The molecule has 158 valence electrons. The molecule has 0 aliphatic heterocycles. The van der Waals surface area contributed by atoms with Crippen molar-refractivity contribution in [2.45, 2.75) is 13.5 Å². The Kier molecular flexibility index (Phi) is 9.33. The lowest BCUT2D eigenvalue weighted by Gasteiger charge is -2.21. The zero-order valence-electron chi connectivity index (χ0n) is 17.1. The Balaban J connectivity index is 0.00000320. The largest absolute Gasteiger partial charge is 0.357 e. The van der Waals surface area contributed by atoms with Gasteiger partial charge in [-0.3, -0.25) is 4.79 Å². The first-order valence-electron chi connectivity index (χ1n) is 9.59. The third-order valence-corrected chi connectivity index (χ3v) is 4.23. The van der Waals surface area contributed by atoms with Gasteiger partial charge in [-0.05, 0) is 24.6 Å². The predicted octanol–water partition coefficient (Wildman–Crippen LogP) is 3.73. The van der Waals surface area contributed by atoms with E-state index in [1.54, 1.807) is 0 Å². The van der Waals surface area contributed by atoms with Gasteiger partial charge in [0.1, 0.15) is 12.4 Å². The van der Waals surface area contributed by atoms with Crippen molar-refractivity contribution in [2.24, 2.45) is 4.99 Å². The van der Waals surface area contributed by atoms with E-state index in [2.05, 4.69) is 25.6 Å². The lowest BCUT2D eigenvalue weighted by molar-refractivity contribution is -0.114. The van der Waals surface area contributed by atoms with Crippen LogP contribution in [0.25, 0.3) is 11.3 Å². The van der Waals surface area contributed by atoms with Gasteiger partial charge in [-0.15, -0.1) is 24.0 Å². The van der Waals surface area contributed by atoms with Crippen LogP contribution in [0.3, 0.4) is 0 Å². The van der Waals surface area contributed by atoms with Crippen molar-refractivity contribution in [3.8, 4) is 11.3 Å². The second kappa shape index (κ2) is 12.0. The number of anilines is 1. The predicted molar refractivity (Wildman–Crippen MR) is 132 cm³/mol. The molecule has 0 aliphatic rings. The van der Waals surface area contributed by atoms with Gasteiger partial charge in [0, 0.05) is 19.3 Å². The standard InChI is InChI=1S/C22H26N6O.HI/c1-3-23-22(25-15-21(29)26-18-12-8-5-9-13-18)28(2)16-20-24-14-19(27-20)17-10-6-4-7-11-17;/h4-14H,3,15-16H2,1-2H3,(H,23,25)(H,24,27)(H,26,29);1H. The van der Waals surface area contributed by atoms with Crippen molar-refractivity contribution in [1.82, 2.24) is 20.2 Å². The number of nitrogens with one attached hydrogen (secondary N) is 3. The molecule has 0 fully saturated rings. The molecule has 0 saturated carbocycles. The SMILES string of the molecule is CCNC(=NCC(=O)Nc1ccccc1)N(C)Cc1ncc(-c2ccccc2)[nH]1.I. The highest BCUT2D eigenvalue weighted by molar-refractivity contribution is 14.0. The molecule has 0 atom stereocenters. The summed E-state index contributed by atoms with van der Waals surface area (Å²) >= 11 is 0. The number of guanidine groups is 1.